The molecule has 2 heterocycles. The zero-order valence-corrected chi connectivity index (χ0v) is 25.4. The molecule has 7 aromatic rings. The molecule has 262 valence electrons. The molecule has 0 unspecified atom stereocenters. The molecule has 7 rings (SSSR count). The molecule has 0 spiro atoms. The third-order valence-corrected chi connectivity index (χ3v) is 8.64. The Morgan fingerprint density at radius 2 is 0.788 bits per heavy atom. The van der Waals surface area contributed by atoms with Gasteiger partial charge in [-0.25, -0.2) is 0 Å². The van der Waals surface area contributed by atoms with E-state index in [4.69, 9.17) is 0 Å². The molecule has 0 bridgehead atoms. The van der Waals surface area contributed by atoms with Crippen LogP contribution in [-0.4, -0.2) is 9.13 Å². The van der Waals surface area contributed by atoms with Gasteiger partial charge in [-0.2, -0.15) is 63.2 Å². The molecule has 2 aromatic heterocycles. The van der Waals surface area contributed by atoms with Gasteiger partial charge in [0.2, 0.25) is 0 Å². The monoisotopic (exact) mass is 730 g/mol. The van der Waals surface area contributed by atoms with Crippen LogP contribution in [-0.2, 0) is 24.7 Å². The maximum Gasteiger partial charge on any atom is 0.418 e. The first-order valence-corrected chi connectivity index (χ1v) is 14.7. The van der Waals surface area contributed by atoms with Crippen LogP contribution in [0.15, 0.2) is 84.9 Å². The zero-order valence-electron chi connectivity index (χ0n) is 25.4. The summed E-state index contributed by atoms with van der Waals surface area (Å²) >= 11 is 0. The van der Waals surface area contributed by atoms with Gasteiger partial charge in [0, 0.05) is 21.5 Å². The molecule has 16 heteroatoms. The van der Waals surface area contributed by atoms with E-state index in [9.17, 15) is 63.2 Å². The van der Waals surface area contributed by atoms with E-state index in [1.54, 1.807) is 12.1 Å². The fourth-order valence-electron chi connectivity index (χ4n) is 6.65. The summed E-state index contributed by atoms with van der Waals surface area (Å²) in [7, 11) is 0. The highest BCUT2D eigenvalue weighted by molar-refractivity contribution is 6.24. The van der Waals surface area contributed by atoms with Crippen LogP contribution in [0.25, 0.3) is 55.0 Å². The summed E-state index contributed by atoms with van der Waals surface area (Å²) in [6.45, 7) is 0. The van der Waals surface area contributed by atoms with E-state index in [0.29, 0.717) is 16.7 Å². The molecule has 0 saturated carbocycles. The minimum atomic E-state index is -5.79. The Hall–Kier alpha value is -6.16. The maximum atomic E-state index is 14.8. The largest absolute Gasteiger partial charge is 0.418 e. The second-order valence-electron chi connectivity index (χ2n) is 11.6. The predicted molar refractivity (Wildman–Crippen MR) is 165 cm³/mol. The fraction of sp³-hybridized carbons (Fsp3) is 0.111. The molecule has 52 heavy (non-hydrogen) atoms. The molecule has 0 radical (unpaired) electrons. The van der Waals surface area contributed by atoms with Crippen molar-refractivity contribution in [2.45, 2.75) is 24.7 Å². The first-order valence-electron chi connectivity index (χ1n) is 14.7. The van der Waals surface area contributed by atoms with Crippen LogP contribution in [0.1, 0.15) is 33.4 Å². The van der Waals surface area contributed by atoms with Crippen LogP contribution in [0.4, 0.5) is 52.7 Å². The smallest absolute Gasteiger partial charge is 0.306 e. The molecular weight excluding hydrogens is 716 g/mol. The van der Waals surface area contributed by atoms with E-state index < -0.39 is 87.1 Å². The van der Waals surface area contributed by atoms with Crippen LogP contribution in [0, 0.1) is 22.7 Å². The maximum absolute atomic E-state index is 14.8. The van der Waals surface area contributed by atoms with Crippen LogP contribution in [0.3, 0.4) is 0 Å². The zero-order chi connectivity index (χ0) is 37.7. The highest BCUT2D eigenvalue weighted by Gasteiger charge is 2.46. The number of halogens is 12. The topological polar surface area (TPSA) is 57.4 Å². The lowest BCUT2D eigenvalue weighted by atomic mass is 10.00. The van der Waals surface area contributed by atoms with E-state index >= 15 is 0 Å². The molecular formula is C36H14F12N4. The summed E-state index contributed by atoms with van der Waals surface area (Å²) in [6, 6.07) is 17.2. The number of rotatable bonds is 2. The number of aromatic nitrogens is 2. The van der Waals surface area contributed by atoms with Crippen LogP contribution in [0.2, 0.25) is 0 Å². The molecule has 4 nitrogen and oxygen atoms in total. The Morgan fingerprint density at radius 1 is 0.423 bits per heavy atom. The number of alkyl halides is 12. The van der Waals surface area contributed by atoms with Crippen molar-refractivity contribution >= 4 is 43.6 Å². The number of hydrogen-bond donors (Lipinski definition) is 0. The molecule has 0 aliphatic carbocycles. The number of fused-ring (bicyclic) bond motifs is 7. The first-order chi connectivity index (χ1) is 24.3. The van der Waals surface area contributed by atoms with Crippen molar-refractivity contribution in [3.63, 3.8) is 0 Å². The van der Waals surface area contributed by atoms with E-state index in [2.05, 4.69) is 0 Å². The Labute approximate surface area is 282 Å². The Balaban J connectivity index is 1.81. The third kappa shape index (κ3) is 5.16. The lowest BCUT2D eigenvalue weighted by Crippen LogP contribution is -2.21. The standard InChI is InChI=1S/C36H14F12N4/c37-33(38,39)19-11-17(15-49)29(18(12-19)16-50)51-27-7-3-1-5-21(27)23-9-10-24-22-6-2-4-8-28(22)52(31(24)30(23)51)32-25(35(43,44)45)13-20(34(40,41)42)14-26(32)36(46,47)48/h1-14H. The SMILES string of the molecule is N#Cc1cc(C(F)(F)F)cc(C#N)c1-n1c2ccccc2c2ccc3c4ccccc4n(-c4c(C(F)(F)F)cc(C(F)(F)F)cc4C(F)(F)F)c3c21. The Kier molecular flexibility index (Phi) is 7.37. The summed E-state index contributed by atoms with van der Waals surface area (Å²) in [4.78, 5) is 0. The minimum Gasteiger partial charge on any atom is -0.306 e. The van der Waals surface area contributed by atoms with Gasteiger partial charge >= 0.3 is 24.7 Å². The van der Waals surface area contributed by atoms with Crippen molar-refractivity contribution in [1.82, 2.24) is 9.13 Å². The Morgan fingerprint density at radius 3 is 1.15 bits per heavy atom. The summed E-state index contributed by atoms with van der Waals surface area (Å²) in [5.74, 6) is 0. The van der Waals surface area contributed by atoms with Gasteiger partial charge in [-0.15, -0.1) is 0 Å². The van der Waals surface area contributed by atoms with Gasteiger partial charge in [-0.1, -0.05) is 48.5 Å². The van der Waals surface area contributed by atoms with Gasteiger partial charge in [-0.3, -0.25) is 0 Å². The number of nitrogens with zero attached hydrogens (tertiary/aromatic N) is 4. The van der Waals surface area contributed by atoms with Crippen molar-refractivity contribution in [2.24, 2.45) is 0 Å². The molecule has 0 N–H and O–H groups in total. The van der Waals surface area contributed by atoms with Crippen LogP contribution in [0.5, 0.6) is 0 Å². The van der Waals surface area contributed by atoms with Gasteiger partial charge in [0.25, 0.3) is 0 Å². The second-order valence-corrected chi connectivity index (χ2v) is 11.6. The Bertz CT molecular complexity index is 2640. The highest BCUT2D eigenvalue weighted by Crippen LogP contribution is 2.49. The van der Waals surface area contributed by atoms with E-state index in [0.717, 1.165) is 10.6 Å². The van der Waals surface area contributed by atoms with Gasteiger partial charge in [0.1, 0.15) is 12.1 Å². The first kappa shape index (κ1) is 34.3. The number of para-hydroxylation sites is 2. The quantitative estimate of drug-likeness (QED) is 0.166. The van der Waals surface area contributed by atoms with Gasteiger partial charge in [-0.05, 0) is 36.4 Å². The molecule has 0 atom stereocenters. The fourth-order valence-corrected chi connectivity index (χ4v) is 6.65. The average Bonchev–Trinajstić information content (AvgIpc) is 3.58. The lowest BCUT2D eigenvalue weighted by Gasteiger charge is -2.23. The molecule has 0 saturated heterocycles. The second kappa shape index (κ2) is 11.2. The summed E-state index contributed by atoms with van der Waals surface area (Å²) < 4.78 is 174. The summed E-state index contributed by atoms with van der Waals surface area (Å²) in [5, 5.41) is 20.6. The minimum absolute atomic E-state index is 0.00256. The third-order valence-electron chi connectivity index (χ3n) is 8.64. The summed E-state index contributed by atoms with van der Waals surface area (Å²) in [6.07, 6.45) is -22.2. The van der Waals surface area contributed by atoms with Crippen LogP contribution >= 0.6 is 0 Å². The van der Waals surface area contributed by atoms with Gasteiger partial charge in [0.05, 0.1) is 66.8 Å². The van der Waals surface area contributed by atoms with Crippen molar-refractivity contribution in [2.75, 3.05) is 0 Å². The molecule has 0 fully saturated rings. The van der Waals surface area contributed by atoms with E-state index in [1.165, 1.54) is 54.6 Å². The molecule has 0 aliphatic heterocycles. The molecule has 0 aliphatic rings. The van der Waals surface area contributed by atoms with Crippen molar-refractivity contribution < 1.29 is 52.7 Å². The number of hydrogen-bond acceptors (Lipinski definition) is 2. The van der Waals surface area contributed by atoms with Crippen molar-refractivity contribution in [1.29, 1.82) is 10.5 Å². The number of nitriles is 2. The lowest BCUT2D eigenvalue weighted by molar-refractivity contribution is -0.148. The highest BCUT2D eigenvalue weighted by atomic mass is 19.4. The van der Waals surface area contributed by atoms with Crippen LogP contribution < -0.4 is 0 Å². The predicted octanol–water partition coefficient (Wildman–Crippen LogP) is 11.7. The van der Waals surface area contributed by atoms with E-state index in [1.807, 2.05) is 0 Å². The van der Waals surface area contributed by atoms with Crippen molar-refractivity contribution in [3.8, 4) is 23.5 Å². The van der Waals surface area contributed by atoms with Crippen molar-refractivity contribution in [3.05, 3.63) is 118 Å². The molecule has 5 aromatic carbocycles. The summed E-state index contributed by atoms with van der Waals surface area (Å²) in [5.41, 5.74) is -12.6. The average molecular weight is 731 g/mol. The van der Waals surface area contributed by atoms with Gasteiger partial charge < -0.3 is 9.13 Å². The van der Waals surface area contributed by atoms with Gasteiger partial charge in [0.15, 0.2) is 0 Å². The normalized spacial score (nSPS) is 13.0. The molecule has 0 amide bonds. The van der Waals surface area contributed by atoms with E-state index in [-0.39, 0.29) is 38.1 Å². The number of benzene rings is 5.